The number of nitrogens with zero attached hydrogens (tertiary/aromatic N) is 2. The summed E-state index contributed by atoms with van der Waals surface area (Å²) in [6.07, 6.45) is 0.912. The minimum atomic E-state index is -0.475. The van der Waals surface area contributed by atoms with E-state index in [1.807, 2.05) is 6.92 Å². The van der Waals surface area contributed by atoms with Crippen LogP contribution in [0.4, 0.5) is 5.69 Å². The van der Waals surface area contributed by atoms with Crippen LogP contribution in [-0.4, -0.2) is 34.9 Å². The SMILES string of the molecule is CC1CC(CN)CN1C(=O)c1ccc([N+](=O)[O-])cc1. The number of carbonyl (C=O) groups excluding carboxylic acids is 1. The number of benzene rings is 1. The molecule has 2 unspecified atom stereocenters. The van der Waals surface area contributed by atoms with Gasteiger partial charge in [-0.3, -0.25) is 14.9 Å². The van der Waals surface area contributed by atoms with Gasteiger partial charge in [0.1, 0.15) is 0 Å². The molecule has 1 saturated heterocycles. The van der Waals surface area contributed by atoms with Crippen molar-refractivity contribution in [2.45, 2.75) is 19.4 Å². The van der Waals surface area contributed by atoms with Crippen molar-refractivity contribution in [3.05, 3.63) is 39.9 Å². The Morgan fingerprint density at radius 2 is 2.11 bits per heavy atom. The first-order valence-electron chi connectivity index (χ1n) is 6.28. The molecule has 0 bridgehead atoms. The molecule has 0 spiro atoms. The number of amides is 1. The first kappa shape index (κ1) is 13.5. The number of carbonyl (C=O) groups is 1. The van der Waals surface area contributed by atoms with E-state index in [4.69, 9.17) is 5.73 Å². The molecule has 6 heteroatoms. The molecule has 1 aliphatic heterocycles. The average Bonchev–Trinajstić information content (AvgIpc) is 2.79. The zero-order valence-electron chi connectivity index (χ0n) is 10.8. The van der Waals surface area contributed by atoms with Gasteiger partial charge in [0.05, 0.1) is 4.92 Å². The molecule has 1 aromatic rings. The second-order valence-corrected chi connectivity index (χ2v) is 4.95. The van der Waals surface area contributed by atoms with Crippen LogP contribution in [0.5, 0.6) is 0 Å². The van der Waals surface area contributed by atoms with Crippen LogP contribution in [0.1, 0.15) is 23.7 Å². The average molecular weight is 263 g/mol. The number of nitrogens with two attached hydrogens (primary N) is 1. The molecule has 1 heterocycles. The van der Waals surface area contributed by atoms with Crippen LogP contribution in [0.2, 0.25) is 0 Å². The zero-order valence-corrected chi connectivity index (χ0v) is 10.8. The maximum Gasteiger partial charge on any atom is 0.269 e. The van der Waals surface area contributed by atoms with Crippen LogP contribution in [0.25, 0.3) is 0 Å². The maximum absolute atomic E-state index is 12.3. The number of nitro benzene ring substituents is 1. The van der Waals surface area contributed by atoms with Crippen molar-refractivity contribution >= 4 is 11.6 Å². The summed E-state index contributed by atoms with van der Waals surface area (Å²) in [4.78, 5) is 24.2. The summed E-state index contributed by atoms with van der Waals surface area (Å²) >= 11 is 0. The van der Waals surface area contributed by atoms with Crippen LogP contribution < -0.4 is 5.73 Å². The third-order valence-corrected chi connectivity index (χ3v) is 3.58. The molecule has 2 atom stereocenters. The van der Waals surface area contributed by atoms with Gasteiger partial charge in [-0.1, -0.05) is 0 Å². The van der Waals surface area contributed by atoms with Crippen LogP contribution in [-0.2, 0) is 0 Å². The predicted octanol–water partition coefficient (Wildman–Crippen LogP) is 1.40. The maximum atomic E-state index is 12.3. The van der Waals surface area contributed by atoms with E-state index in [0.717, 1.165) is 6.42 Å². The highest BCUT2D eigenvalue weighted by atomic mass is 16.6. The summed E-state index contributed by atoms with van der Waals surface area (Å²) in [7, 11) is 0. The monoisotopic (exact) mass is 263 g/mol. The lowest BCUT2D eigenvalue weighted by atomic mass is 10.1. The Balaban J connectivity index is 2.13. The van der Waals surface area contributed by atoms with E-state index in [2.05, 4.69) is 0 Å². The summed E-state index contributed by atoms with van der Waals surface area (Å²) < 4.78 is 0. The number of likely N-dealkylation sites (tertiary alicyclic amines) is 1. The summed E-state index contributed by atoms with van der Waals surface area (Å²) in [6.45, 7) is 3.24. The van der Waals surface area contributed by atoms with Gasteiger partial charge >= 0.3 is 0 Å². The third kappa shape index (κ3) is 2.73. The number of hydrogen-bond donors (Lipinski definition) is 1. The molecule has 0 aliphatic carbocycles. The summed E-state index contributed by atoms with van der Waals surface area (Å²) in [5.74, 6) is 0.260. The van der Waals surface area contributed by atoms with Crippen molar-refractivity contribution in [3.8, 4) is 0 Å². The highest BCUT2D eigenvalue weighted by Gasteiger charge is 2.32. The standard InChI is InChI=1S/C13H17N3O3/c1-9-6-10(7-14)8-15(9)13(17)11-2-4-12(5-3-11)16(18)19/h2-5,9-10H,6-8,14H2,1H3. The van der Waals surface area contributed by atoms with E-state index >= 15 is 0 Å². The highest BCUT2D eigenvalue weighted by molar-refractivity contribution is 5.94. The summed E-state index contributed by atoms with van der Waals surface area (Å²) in [6, 6.07) is 5.88. The third-order valence-electron chi connectivity index (χ3n) is 3.58. The fourth-order valence-electron chi connectivity index (χ4n) is 2.49. The van der Waals surface area contributed by atoms with E-state index in [9.17, 15) is 14.9 Å². The number of hydrogen-bond acceptors (Lipinski definition) is 4. The fourth-order valence-corrected chi connectivity index (χ4v) is 2.49. The van der Waals surface area contributed by atoms with Crippen molar-refractivity contribution in [1.82, 2.24) is 4.90 Å². The van der Waals surface area contributed by atoms with Gasteiger partial charge in [-0.15, -0.1) is 0 Å². The van der Waals surface area contributed by atoms with Crippen molar-refractivity contribution < 1.29 is 9.72 Å². The predicted molar refractivity (Wildman–Crippen MR) is 70.8 cm³/mol. The molecule has 1 aliphatic rings. The molecule has 2 N–H and O–H groups in total. The van der Waals surface area contributed by atoms with E-state index in [0.29, 0.717) is 24.6 Å². The van der Waals surface area contributed by atoms with Crippen LogP contribution >= 0.6 is 0 Å². The molecule has 1 amide bonds. The topological polar surface area (TPSA) is 89.5 Å². The molecule has 0 radical (unpaired) electrons. The smallest absolute Gasteiger partial charge is 0.269 e. The minimum Gasteiger partial charge on any atom is -0.336 e. The summed E-state index contributed by atoms with van der Waals surface area (Å²) in [5.41, 5.74) is 6.11. The lowest BCUT2D eigenvalue weighted by Gasteiger charge is -2.21. The Morgan fingerprint density at radius 3 is 2.58 bits per heavy atom. The quantitative estimate of drug-likeness (QED) is 0.659. The van der Waals surface area contributed by atoms with E-state index in [1.165, 1.54) is 24.3 Å². The Morgan fingerprint density at radius 1 is 1.47 bits per heavy atom. The van der Waals surface area contributed by atoms with E-state index in [-0.39, 0.29) is 17.6 Å². The summed E-state index contributed by atoms with van der Waals surface area (Å²) in [5, 5.41) is 10.6. The van der Waals surface area contributed by atoms with E-state index < -0.39 is 4.92 Å². The van der Waals surface area contributed by atoms with Crippen molar-refractivity contribution in [2.75, 3.05) is 13.1 Å². The Kier molecular flexibility index (Phi) is 3.80. The van der Waals surface area contributed by atoms with Gasteiger partial charge in [-0.25, -0.2) is 0 Å². The molecular weight excluding hydrogens is 246 g/mol. The van der Waals surface area contributed by atoms with Gasteiger partial charge in [0.15, 0.2) is 0 Å². The molecule has 19 heavy (non-hydrogen) atoms. The molecule has 1 fully saturated rings. The number of nitro groups is 1. The van der Waals surface area contributed by atoms with Crippen molar-refractivity contribution in [2.24, 2.45) is 11.7 Å². The first-order chi connectivity index (χ1) is 9.02. The molecule has 102 valence electrons. The van der Waals surface area contributed by atoms with Crippen LogP contribution in [0.3, 0.4) is 0 Å². The van der Waals surface area contributed by atoms with Crippen molar-refractivity contribution in [3.63, 3.8) is 0 Å². The molecule has 2 rings (SSSR count). The number of rotatable bonds is 3. The van der Waals surface area contributed by atoms with Gasteiger partial charge in [0, 0.05) is 30.3 Å². The largest absolute Gasteiger partial charge is 0.336 e. The number of non-ortho nitro benzene ring substituents is 1. The lowest BCUT2D eigenvalue weighted by Crippen LogP contribution is -2.34. The molecular formula is C13H17N3O3. The molecule has 0 saturated carbocycles. The lowest BCUT2D eigenvalue weighted by molar-refractivity contribution is -0.384. The molecule has 0 aromatic heterocycles. The zero-order chi connectivity index (χ0) is 14.0. The van der Waals surface area contributed by atoms with Crippen LogP contribution in [0, 0.1) is 16.0 Å². The van der Waals surface area contributed by atoms with E-state index in [1.54, 1.807) is 4.90 Å². The van der Waals surface area contributed by atoms with Gasteiger partial charge in [-0.2, -0.15) is 0 Å². The van der Waals surface area contributed by atoms with Gasteiger partial charge in [0.25, 0.3) is 11.6 Å². The molecule has 6 nitrogen and oxygen atoms in total. The van der Waals surface area contributed by atoms with Gasteiger partial charge in [0.2, 0.25) is 0 Å². The fraction of sp³-hybridized carbons (Fsp3) is 0.462. The van der Waals surface area contributed by atoms with Gasteiger partial charge in [-0.05, 0) is 37.9 Å². The Labute approximate surface area is 111 Å². The Hall–Kier alpha value is -1.95. The minimum absolute atomic E-state index is 0.00847. The first-order valence-corrected chi connectivity index (χ1v) is 6.28. The van der Waals surface area contributed by atoms with Gasteiger partial charge < -0.3 is 10.6 Å². The second-order valence-electron chi connectivity index (χ2n) is 4.95. The molecule has 1 aromatic carbocycles. The van der Waals surface area contributed by atoms with Crippen LogP contribution in [0.15, 0.2) is 24.3 Å². The van der Waals surface area contributed by atoms with Crippen molar-refractivity contribution in [1.29, 1.82) is 0 Å². The second kappa shape index (κ2) is 5.36. The Bertz CT molecular complexity index is 486. The normalized spacial score (nSPS) is 22.5. The highest BCUT2D eigenvalue weighted by Crippen LogP contribution is 2.24.